The first-order chi connectivity index (χ1) is 13.5. The highest BCUT2D eigenvalue weighted by atomic mass is 35.5. The van der Waals surface area contributed by atoms with Crippen molar-refractivity contribution in [2.45, 2.75) is 25.7 Å². The van der Waals surface area contributed by atoms with Crippen molar-refractivity contribution in [2.75, 3.05) is 0 Å². The van der Waals surface area contributed by atoms with Gasteiger partial charge in [0.15, 0.2) is 0 Å². The highest BCUT2D eigenvalue weighted by Gasteiger charge is 2.32. The Morgan fingerprint density at radius 3 is 2.54 bits per heavy atom. The quantitative estimate of drug-likeness (QED) is 0.461. The molecule has 1 aliphatic carbocycles. The van der Waals surface area contributed by atoms with Crippen LogP contribution >= 0.6 is 23.2 Å². The third-order valence-corrected chi connectivity index (χ3v) is 5.82. The maximum Gasteiger partial charge on any atom is 0.277 e. The number of rotatable bonds is 3. The molecule has 2 aromatic carbocycles. The zero-order valence-corrected chi connectivity index (χ0v) is 16.7. The van der Waals surface area contributed by atoms with E-state index in [-0.39, 0.29) is 5.56 Å². The summed E-state index contributed by atoms with van der Waals surface area (Å²) in [6, 6.07) is 15.3. The molecular weight excluding hydrogens is 393 g/mol. The van der Waals surface area contributed by atoms with E-state index >= 15 is 0 Å². The van der Waals surface area contributed by atoms with Crippen LogP contribution in [0.1, 0.15) is 30.0 Å². The molecule has 4 nitrogen and oxygen atoms in total. The molecule has 6 heteroatoms. The third kappa shape index (κ3) is 2.76. The second-order valence-electron chi connectivity index (χ2n) is 7.22. The van der Waals surface area contributed by atoms with Gasteiger partial charge in [-0.15, -0.1) is 0 Å². The maximum absolute atomic E-state index is 13.1. The zero-order chi connectivity index (χ0) is 19.4. The predicted molar refractivity (Wildman–Crippen MR) is 113 cm³/mol. The Bertz CT molecular complexity index is 1270. The molecule has 0 radical (unpaired) electrons. The van der Waals surface area contributed by atoms with Crippen LogP contribution in [0.25, 0.3) is 28.0 Å². The van der Waals surface area contributed by atoms with Gasteiger partial charge in [-0.2, -0.15) is 9.61 Å². The number of fused-ring (bicyclic) bond motifs is 1. The molecule has 4 aromatic rings. The van der Waals surface area contributed by atoms with Gasteiger partial charge >= 0.3 is 0 Å². The van der Waals surface area contributed by atoms with E-state index in [2.05, 4.69) is 4.98 Å². The maximum atomic E-state index is 13.1. The van der Waals surface area contributed by atoms with Crippen molar-refractivity contribution < 1.29 is 0 Å². The van der Waals surface area contributed by atoms with Crippen LogP contribution in [0.15, 0.2) is 53.3 Å². The van der Waals surface area contributed by atoms with Gasteiger partial charge in [0, 0.05) is 27.6 Å². The van der Waals surface area contributed by atoms with E-state index < -0.39 is 0 Å². The predicted octanol–water partition coefficient (Wildman–Crippen LogP) is 5.85. The molecule has 1 saturated carbocycles. The summed E-state index contributed by atoms with van der Waals surface area (Å²) in [6.45, 7) is 1.83. The largest absolute Gasteiger partial charge is 0.339 e. The lowest BCUT2D eigenvalue weighted by molar-refractivity contribution is 0.846. The minimum atomic E-state index is -0.120. The van der Waals surface area contributed by atoms with Gasteiger partial charge in [0.1, 0.15) is 5.65 Å². The third-order valence-electron chi connectivity index (χ3n) is 5.27. The standard InChI is InChI=1S/C22H17Cl2N3O/c1-12-19(13-5-3-2-4-6-13)25-21-18(16-10-9-15(23)11-17(16)24)20(14-7-8-14)26-27(21)22(12)28/h2-6,9-11,14,25H,7-8H2,1H3. The Balaban J connectivity index is 1.87. The number of aromatic nitrogens is 3. The lowest BCUT2D eigenvalue weighted by Crippen LogP contribution is -2.19. The van der Waals surface area contributed by atoms with Crippen molar-refractivity contribution in [2.24, 2.45) is 0 Å². The molecule has 140 valence electrons. The Hall–Kier alpha value is -2.56. The molecule has 5 rings (SSSR count). The van der Waals surface area contributed by atoms with E-state index in [1.807, 2.05) is 49.4 Å². The molecule has 1 aliphatic rings. The zero-order valence-electron chi connectivity index (χ0n) is 15.2. The van der Waals surface area contributed by atoms with Gasteiger partial charge in [-0.1, -0.05) is 59.6 Å². The SMILES string of the molecule is Cc1c(-c2ccccc2)[nH]c2c(-c3ccc(Cl)cc3Cl)c(C3CC3)nn2c1=O. The first-order valence-corrected chi connectivity index (χ1v) is 9.96. The monoisotopic (exact) mass is 409 g/mol. The topological polar surface area (TPSA) is 50.2 Å². The fourth-order valence-corrected chi connectivity index (χ4v) is 4.17. The Kier molecular flexibility index (Phi) is 4.07. The Morgan fingerprint density at radius 1 is 1.11 bits per heavy atom. The van der Waals surface area contributed by atoms with Gasteiger partial charge in [0.2, 0.25) is 0 Å². The van der Waals surface area contributed by atoms with E-state index in [9.17, 15) is 4.79 Å². The normalized spacial score (nSPS) is 14.0. The minimum absolute atomic E-state index is 0.120. The van der Waals surface area contributed by atoms with E-state index in [4.69, 9.17) is 28.3 Å². The van der Waals surface area contributed by atoms with Gasteiger partial charge in [0.05, 0.1) is 16.4 Å². The Labute approximate surface area is 171 Å². The molecule has 0 unspecified atom stereocenters. The number of aromatic amines is 1. The van der Waals surface area contributed by atoms with Crippen LogP contribution in [-0.4, -0.2) is 14.6 Å². The van der Waals surface area contributed by atoms with E-state index in [0.29, 0.717) is 27.2 Å². The molecule has 0 aliphatic heterocycles. The molecule has 2 aromatic heterocycles. The van der Waals surface area contributed by atoms with Crippen molar-refractivity contribution in [3.63, 3.8) is 0 Å². The summed E-state index contributed by atoms with van der Waals surface area (Å²) in [5, 5.41) is 5.82. The Morgan fingerprint density at radius 2 is 1.86 bits per heavy atom. The summed E-state index contributed by atoms with van der Waals surface area (Å²) < 4.78 is 1.48. The van der Waals surface area contributed by atoms with Crippen molar-refractivity contribution in [3.05, 3.63) is 80.2 Å². The fourth-order valence-electron chi connectivity index (χ4n) is 3.67. The van der Waals surface area contributed by atoms with Crippen molar-refractivity contribution in [3.8, 4) is 22.4 Å². The van der Waals surface area contributed by atoms with E-state index in [1.165, 1.54) is 4.52 Å². The van der Waals surface area contributed by atoms with Crippen LogP contribution in [0.3, 0.4) is 0 Å². The summed E-state index contributed by atoms with van der Waals surface area (Å²) in [6.07, 6.45) is 2.14. The molecule has 28 heavy (non-hydrogen) atoms. The van der Waals surface area contributed by atoms with Crippen molar-refractivity contribution in [1.29, 1.82) is 0 Å². The molecule has 0 atom stereocenters. The lowest BCUT2D eigenvalue weighted by atomic mass is 10.0. The van der Waals surface area contributed by atoms with Crippen LogP contribution in [0.2, 0.25) is 10.0 Å². The average Bonchev–Trinajstić information content (AvgIpc) is 3.47. The number of nitrogens with zero attached hydrogens (tertiary/aromatic N) is 2. The first-order valence-electron chi connectivity index (χ1n) is 9.21. The second kappa shape index (κ2) is 6.50. The van der Waals surface area contributed by atoms with E-state index in [0.717, 1.165) is 40.9 Å². The van der Waals surface area contributed by atoms with Crippen LogP contribution in [0.4, 0.5) is 0 Å². The molecule has 0 amide bonds. The number of hydrogen-bond donors (Lipinski definition) is 1. The van der Waals surface area contributed by atoms with Crippen LogP contribution in [0, 0.1) is 6.92 Å². The minimum Gasteiger partial charge on any atom is -0.339 e. The summed E-state index contributed by atoms with van der Waals surface area (Å²) in [5.74, 6) is 0.356. The van der Waals surface area contributed by atoms with Gasteiger partial charge in [-0.25, -0.2) is 0 Å². The first kappa shape index (κ1) is 17.5. The lowest BCUT2D eigenvalue weighted by Gasteiger charge is -2.09. The summed E-state index contributed by atoms with van der Waals surface area (Å²) in [4.78, 5) is 16.6. The fraction of sp³-hybridized carbons (Fsp3) is 0.182. The van der Waals surface area contributed by atoms with Gasteiger partial charge < -0.3 is 4.98 Å². The summed E-state index contributed by atoms with van der Waals surface area (Å²) in [7, 11) is 0. The molecule has 0 saturated heterocycles. The van der Waals surface area contributed by atoms with E-state index in [1.54, 1.807) is 6.07 Å². The van der Waals surface area contributed by atoms with Crippen molar-refractivity contribution >= 4 is 28.8 Å². The second-order valence-corrected chi connectivity index (χ2v) is 8.06. The molecule has 0 bridgehead atoms. The van der Waals surface area contributed by atoms with Crippen LogP contribution in [0.5, 0.6) is 0 Å². The highest BCUT2D eigenvalue weighted by Crippen LogP contribution is 2.46. The molecule has 2 heterocycles. The van der Waals surface area contributed by atoms with Gasteiger partial charge in [-0.05, 0) is 37.5 Å². The number of H-pyrrole nitrogens is 1. The van der Waals surface area contributed by atoms with Gasteiger partial charge in [0.25, 0.3) is 5.56 Å². The average molecular weight is 410 g/mol. The highest BCUT2D eigenvalue weighted by molar-refractivity contribution is 6.36. The van der Waals surface area contributed by atoms with Crippen molar-refractivity contribution in [1.82, 2.24) is 14.6 Å². The molecular formula is C22H17Cl2N3O. The number of nitrogens with one attached hydrogen (secondary N) is 1. The smallest absolute Gasteiger partial charge is 0.277 e. The molecule has 0 spiro atoms. The molecule has 1 N–H and O–H groups in total. The molecule has 1 fully saturated rings. The summed E-state index contributed by atoms with van der Waals surface area (Å²) >= 11 is 12.6. The summed E-state index contributed by atoms with van der Waals surface area (Å²) in [5.41, 5.74) is 5.58. The number of hydrogen-bond acceptors (Lipinski definition) is 2. The number of halogens is 2. The van der Waals surface area contributed by atoms with Crippen LogP contribution in [-0.2, 0) is 0 Å². The van der Waals surface area contributed by atoms with Crippen LogP contribution < -0.4 is 5.56 Å². The van der Waals surface area contributed by atoms with Gasteiger partial charge in [-0.3, -0.25) is 4.79 Å². The number of benzene rings is 2.